The number of unbranched alkanes of at least 4 members (excludes halogenated alkanes) is 1. The van der Waals surface area contributed by atoms with Crippen molar-refractivity contribution in [3.8, 4) is 0 Å². The first kappa shape index (κ1) is 20.2. The van der Waals surface area contributed by atoms with Crippen molar-refractivity contribution in [1.29, 1.82) is 0 Å². The molecule has 1 aliphatic heterocycles. The highest BCUT2D eigenvalue weighted by atomic mass is 15.3. The van der Waals surface area contributed by atoms with E-state index in [1.165, 1.54) is 16.8 Å². The quantitative estimate of drug-likeness (QED) is 0.438. The van der Waals surface area contributed by atoms with E-state index in [2.05, 4.69) is 76.4 Å². The number of piperazine rings is 1. The van der Waals surface area contributed by atoms with Gasteiger partial charge in [-0.3, -0.25) is 9.89 Å². The molecule has 3 rings (SSSR count). The molecular weight excluding hydrogens is 346 g/mol. The summed E-state index contributed by atoms with van der Waals surface area (Å²) in [6.07, 6.45) is 2.22. The number of guanidine groups is 1. The van der Waals surface area contributed by atoms with Crippen LogP contribution in [-0.4, -0.2) is 50.1 Å². The largest absolute Gasteiger partial charge is 0.370 e. The molecule has 5 nitrogen and oxygen atoms in total. The molecule has 0 saturated carbocycles. The van der Waals surface area contributed by atoms with Crippen molar-refractivity contribution in [2.45, 2.75) is 26.7 Å². The highest BCUT2D eigenvalue weighted by Crippen LogP contribution is 2.16. The summed E-state index contributed by atoms with van der Waals surface area (Å²) in [6.45, 7) is 10.6. The van der Waals surface area contributed by atoms with Gasteiger partial charge in [0.05, 0.1) is 0 Å². The molecule has 0 unspecified atom stereocenters. The summed E-state index contributed by atoms with van der Waals surface area (Å²) in [5.74, 6) is 0.500. The fourth-order valence-electron chi connectivity index (χ4n) is 3.52. The Morgan fingerprint density at radius 1 is 0.964 bits per heavy atom. The van der Waals surface area contributed by atoms with Gasteiger partial charge in [0.1, 0.15) is 0 Å². The molecule has 1 fully saturated rings. The molecule has 1 heterocycles. The van der Waals surface area contributed by atoms with Crippen LogP contribution in [0.15, 0.2) is 53.5 Å². The molecule has 1 aliphatic rings. The zero-order chi connectivity index (χ0) is 19.8. The Kier molecular flexibility index (Phi) is 7.31. The van der Waals surface area contributed by atoms with Gasteiger partial charge < -0.3 is 16.0 Å². The number of rotatable bonds is 7. The van der Waals surface area contributed by atoms with Crippen molar-refractivity contribution in [2.75, 3.05) is 49.5 Å². The number of benzene rings is 2. The van der Waals surface area contributed by atoms with Gasteiger partial charge in [-0.2, -0.15) is 0 Å². The predicted octanol–water partition coefficient (Wildman–Crippen LogP) is 3.63. The Hall–Kier alpha value is -2.53. The van der Waals surface area contributed by atoms with Gasteiger partial charge in [-0.05, 0) is 68.6 Å². The molecule has 0 spiro atoms. The molecule has 2 aromatic rings. The highest BCUT2D eigenvalue weighted by Gasteiger charge is 2.16. The first-order valence-electron chi connectivity index (χ1n) is 10.3. The fraction of sp³-hybridized carbons (Fsp3) is 0.435. The van der Waals surface area contributed by atoms with E-state index in [1.54, 1.807) is 0 Å². The molecule has 150 valence electrons. The molecule has 2 aromatic carbocycles. The Balaban J connectivity index is 1.31. The maximum atomic E-state index is 6.01. The first-order valence-corrected chi connectivity index (χ1v) is 10.3. The number of hydrogen-bond acceptors (Lipinski definition) is 3. The smallest absolute Gasteiger partial charge is 0.193 e. The minimum atomic E-state index is 0.500. The van der Waals surface area contributed by atoms with Crippen LogP contribution >= 0.6 is 0 Å². The summed E-state index contributed by atoms with van der Waals surface area (Å²) in [7, 11) is 0. The second-order valence-corrected chi connectivity index (χ2v) is 7.56. The third kappa shape index (κ3) is 5.99. The van der Waals surface area contributed by atoms with Crippen LogP contribution in [0.4, 0.5) is 11.4 Å². The SMILES string of the molecule is Cc1ccc(NC(N)=NCCCCN2CCN(c3ccccc3)CC2)cc1C. The van der Waals surface area contributed by atoms with Gasteiger partial charge in [-0.1, -0.05) is 24.3 Å². The van der Waals surface area contributed by atoms with Gasteiger partial charge in [0.15, 0.2) is 5.96 Å². The van der Waals surface area contributed by atoms with Crippen LogP contribution in [0, 0.1) is 13.8 Å². The van der Waals surface area contributed by atoms with Gasteiger partial charge in [0, 0.05) is 44.1 Å². The lowest BCUT2D eigenvalue weighted by Gasteiger charge is -2.36. The van der Waals surface area contributed by atoms with E-state index in [0.717, 1.165) is 57.8 Å². The summed E-state index contributed by atoms with van der Waals surface area (Å²) in [5, 5.41) is 3.18. The normalized spacial score (nSPS) is 15.6. The van der Waals surface area contributed by atoms with Crippen molar-refractivity contribution < 1.29 is 0 Å². The lowest BCUT2D eigenvalue weighted by molar-refractivity contribution is 0.253. The summed E-state index contributed by atoms with van der Waals surface area (Å²) in [6, 6.07) is 16.9. The molecule has 0 aliphatic carbocycles. The molecule has 1 saturated heterocycles. The van der Waals surface area contributed by atoms with Crippen LogP contribution in [0.3, 0.4) is 0 Å². The topological polar surface area (TPSA) is 56.9 Å². The van der Waals surface area contributed by atoms with Crippen molar-refractivity contribution in [3.63, 3.8) is 0 Å². The number of para-hydroxylation sites is 1. The third-order valence-electron chi connectivity index (χ3n) is 5.44. The lowest BCUT2D eigenvalue weighted by Crippen LogP contribution is -2.46. The summed E-state index contributed by atoms with van der Waals surface area (Å²) in [5.41, 5.74) is 10.9. The van der Waals surface area contributed by atoms with Crippen molar-refractivity contribution in [3.05, 3.63) is 59.7 Å². The third-order valence-corrected chi connectivity index (χ3v) is 5.44. The number of nitrogens with two attached hydrogens (primary N) is 1. The lowest BCUT2D eigenvalue weighted by atomic mass is 10.1. The van der Waals surface area contributed by atoms with Crippen molar-refractivity contribution >= 4 is 17.3 Å². The van der Waals surface area contributed by atoms with Gasteiger partial charge >= 0.3 is 0 Å². The molecular formula is C23H33N5. The second kappa shape index (κ2) is 10.1. The average molecular weight is 380 g/mol. The van der Waals surface area contributed by atoms with Gasteiger partial charge in [0.25, 0.3) is 0 Å². The minimum absolute atomic E-state index is 0.500. The van der Waals surface area contributed by atoms with Crippen LogP contribution in [0.5, 0.6) is 0 Å². The molecule has 3 N–H and O–H groups in total. The number of aryl methyl sites for hydroxylation is 2. The number of nitrogens with one attached hydrogen (secondary N) is 1. The van der Waals surface area contributed by atoms with E-state index in [4.69, 9.17) is 5.73 Å². The standard InChI is InChI=1S/C23H33N5/c1-19-10-11-21(18-20(19)2)26-23(24)25-12-6-7-13-27-14-16-28(17-15-27)22-8-4-3-5-9-22/h3-5,8-11,18H,6-7,12-17H2,1-2H3,(H3,24,25,26). The molecule has 0 amide bonds. The number of anilines is 2. The molecule has 0 aromatic heterocycles. The molecule has 0 atom stereocenters. The van der Waals surface area contributed by atoms with E-state index in [-0.39, 0.29) is 0 Å². The predicted molar refractivity (Wildman–Crippen MR) is 120 cm³/mol. The van der Waals surface area contributed by atoms with Crippen molar-refractivity contribution in [1.82, 2.24) is 4.90 Å². The second-order valence-electron chi connectivity index (χ2n) is 7.56. The van der Waals surface area contributed by atoms with E-state index < -0.39 is 0 Å². The molecule has 28 heavy (non-hydrogen) atoms. The van der Waals surface area contributed by atoms with Crippen LogP contribution in [0.2, 0.25) is 0 Å². The Labute approximate surface area is 169 Å². The highest BCUT2D eigenvalue weighted by molar-refractivity contribution is 5.92. The van der Waals surface area contributed by atoms with E-state index in [0.29, 0.717) is 5.96 Å². The van der Waals surface area contributed by atoms with Crippen LogP contribution in [0.1, 0.15) is 24.0 Å². The first-order chi connectivity index (χ1) is 13.6. The summed E-state index contributed by atoms with van der Waals surface area (Å²) < 4.78 is 0. The Morgan fingerprint density at radius 2 is 1.71 bits per heavy atom. The Morgan fingerprint density at radius 3 is 2.43 bits per heavy atom. The zero-order valence-corrected chi connectivity index (χ0v) is 17.2. The number of hydrogen-bond donors (Lipinski definition) is 2. The number of nitrogens with zero attached hydrogens (tertiary/aromatic N) is 3. The van der Waals surface area contributed by atoms with E-state index >= 15 is 0 Å². The summed E-state index contributed by atoms with van der Waals surface area (Å²) >= 11 is 0. The number of aliphatic imine (C=N–C) groups is 1. The fourth-order valence-corrected chi connectivity index (χ4v) is 3.52. The maximum absolute atomic E-state index is 6.01. The Bertz CT molecular complexity index is 764. The van der Waals surface area contributed by atoms with Gasteiger partial charge in [-0.25, -0.2) is 0 Å². The molecule has 0 radical (unpaired) electrons. The van der Waals surface area contributed by atoms with E-state index in [1.807, 2.05) is 6.07 Å². The summed E-state index contributed by atoms with van der Waals surface area (Å²) in [4.78, 5) is 9.49. The monoisotopic (exact) mass is 379 g/mol. The molecule has 5 heteroatoms. The maximum Gasteiger partial charge on any atom is 0.193 e. The zero-order valence-electron chi connectivity index (χ0n) is 17.2. The van der Waals surface area contributed by atoms with Crippen LogP contribution in [-0.2, 0) is 0 Å². The van der Waals surface area contributed by atoms with Crippen molar-refractivity contribution in [2.24, 2.45) is 10.7 Å². The van der Waals surface area contributed by atoms with E-state index in [9.17, 15) is 0 Å². The molecule has 0 bridgehead atoms. The van der Waals surface area contributed by atoms with Gasteiger partial charge in [-0.15, -0.1) is 0 Å². The average Bonchev–Trinajstić information content (AvgIpc) is 2.72. The van der Waals surface area contributed by atoms with Crippen LogP contribution < -0.4 is 16.0 Å². The van der Waals surface area contributed by atoms with Gasteiger partial charge in [0.2, 0.25) is 0 Å². The minimum Gasteiger partial charge on any atom is -0.370 e. The van der Waals surface area contributed by atoms with Crippen LogP contribution in [0.25, 0.3) is 0 Å².